The molecule has 0 aromatic heterocycles. The predicted molar refractivity (Wildman–Crippen MR) is 47.7 cm³/mol. The highest BCUT2D eigenvalue weighted by molar-refractivity contribution is 5.66. The fourth-order valence-corrected chi connectivity index (χ4v) is 0.328. The van der Waals surface area contributed by atoms with Crippen LogP contribution in [0.3, 0.4) is 0 Å². The van der Waals surface area contributed by atoms with Gasteiger partial charge in [0.25, 0.3) is 0 Å². The summed E-state index contributed by atoms with van der Waals surface area (Å²) in [5.41, 5.74) is 0. The van der Waals surface area contributed by atoms with Crippen molar-refractivity contribution in [3.63, 3.8) is 0 Å². The first-order valence-corrected chi connectivity index (χ1v) is 4.40. The van der Waals surface area contributed by atoms with Crippen LogP contribution in [-0.2, 0) is 4.79 Å². The van der Waals surface area contributed by atoms with Gasteiger partial charge < -0.3 is 5.11 Å². The maximum Gasteiger partial charge on any atom is 0.303 e. The van der Waals surface area contributed by atoms with Gasteiger partial charge in [-0.3, -0.25) is 4.79 Å². The third kappa shape index (κ3) is 26.4. The van der Waals surface area contributed by atoms with E-state index in [1.54, 1.807) is 0 Å². The molecule has 0 atom stereocenters. The second kappa shape index (κ2) is 12.2. The number of carboxylic acids is 1. The van der Waals surface area contributed by atoms with Crippen molar-refractivity contribution in [1.82, 2.24) is 0 Å². The van der Waals surface area contributed by atoms with Crippen LogP contribution in [0.1, 0.15) is 52.9 Å². The number of unbranched alkanes of at least 4 members (excludes halogenated alkanes) is 2. The van der Waals surface area contributed by atoms with Crippen LogP contribution >= 0.6 is 0 Å². The SMILES string of the molecule is CCCC.CCCCC(=O)O. The van der Waals surface area contributed by atoms with Gasteiger partial charge >= 0.3 is 5.97 Å². The van der Waals surface area contributed by atoms with Crippen LogP contribution in [0.15, 0.2) is 0 Å². The van der Waals surface area contributed by atoms with Gasteiger partial charge in [-0.25, -0.2) is 0 Å². The first-order valence-electron chi connectivity index (χ1n) is 4.40. The molecule has 0 rings (SSSR count). The summed E-state index contributed by atoms with van der Waals surface area (Å²) in [5, 5.41) is 8.04. The highest BCUT2D eigenvalue weighted by Gasteiger charge is 1.90. The van der Waals surface area contributed by atoms with E-state index < -0.39 is 5.97 Å². The fourth-order valence-electron chi connectivity index (χ4n) is 0.328. The van der Waals surface area contributed by atoms with Gasteiger partial charge in [0.05, 0.1) is 0 Å². The molecule has 11 heavy (non-hydrogen) atoms. The Labute approximate surface area is 69.6 Å². The molecule has 2 nitrogen and oxygen atoms in total. The van der Waals surface area contributed by atoms with Gasteiger partial charge in [-0.15, -0.1) is 0 Å². The minimum absolute atomic E-state index is 0.316. The van der Waals surface area contributed by atoms with Crippen molar-refractivity contribution < 1.29 is 9.90 Å². The van der Waals surface area contributed by atoms with E-state index in [2.05, 4.69) is 13.8 Å². The van der Waals surface area contributed by atoms with Crippen LogP contribution in [-0.4, -0.2) is 11.1 Å². The van der Waals surface area contributed by atoms with Crippen molar-refractivity contribution >= 4 is 5.97 Å². The minimum Gasteiger partial charge on any atom is -0.481 e. The van der Waals surface area contributed by atoms with E-state index in [4.69, 9.17) is 5.11 Å². The predicted octanol–water partition coefficient (Wildman–Crippen LogP) is 3.07. The van der Waals surface area contributed by atoms with Gasteiger partial charge in [-0.2, -0.15) is 0 Å². The highest BCUT2D eigenvalue weighted by atomic mass is 16.4. The Bertz CT molecular complexity index is 77.6. The van der Waals surface area contributed by atoms with Gasteiger partial charge in [-0.05, 0) is 6.42 Å². The van der Waals surface area contributed by atoms with E-state index in [1.807, 2.05) is 6.92 Å². The summed E-state index contributed by atoms with van der Waals surface area (Å²) >= 11 is 0. The fraction of sp³-hybridized carbons (Fsp3) is 0.889. The third-order valence-corrected chi connectivity index (χ3v) is 1.24. The van der Waals surface area contributed by atoms with Crippen LogP contribution < -0.4 is 0 Å². The number of aliphatic carboxylic acids is 1. The normalized spacial score (nSPS) is 8.27. The smallest absolute Gasteiger partial charge is 0.303 e. The molecule has 0 aliphatic rings. The molecule has 0 unspecified atom stereocenters. The molecule has 0 fully saturated rings. The molecular weight excluding hydrogens is 140 g/mol. The molecule has 2 heteroatoms. The molecule has 0 amide bonds. The number of hydrogen-bond donors (Lipinski definition) is 1. The summed E-state index contributed by atoms with van der Waals surface area (Å²) in [5.74, 6) is -0.693. The average molecular weight is 160 g/mol. The van der Waals surface area contributed by atoms with E-state index in [1.165, 1.54) is 12.8 Å². The summed E-state index contributed by atoms with van der Waals surface area (Å²) in [6.45, 7) is 6.34. The van der Waals surface area contributed by atoms with Gasteiger partial charge in [0.2, 0.25) is 0 Å². The van der Waals surface area contributed by atoms with Gasteiger partial charge in [-0.1, -0.05) is 40.0 Å². The Balaban J connectivity index is 0. The Morgan fingerprint density at radius 3 is 1.64 bits per heavy atom. The molecule has 0 aliphatic heterocycles. The van der Waals surface area contributed by atoms with Crippen molar-refractivity contribution in [1.29, 1.82) is 0 Å². The number of hydrogen-bond acceptors (Lipinski definition) is 1. The molecule has 0 aromatic carbocycles. The largest absolute Gasteiger partial charge is 0.481 e. The van der Waals surface area contributed by atoms with E-state index >= 15 is 0 Å². The first-order chi connectivity index (χ1) is 5.18. The van der Waals surface area contributed by atoms with Gasteiger partial charge in [0, 0.05) is 6.42 Å². The zero-order valence-corrected chi connectivity index (χ0v) is 7.89. The lowest BCUT2D eigenvalue weighted by Crippen LogP contribution is -1.91. The third-order valence-electron chi connectivity index (χ3n) is 1.24. The number of rotatable bonds is 4. The molecule has 0 saturated heterocycles. The molecule has 0 bridgehead atoms. The standard InChI is InChI=1S/C5H10O2.C4H10/c1-2-3-4-5(6)7;1-3-4-2/h2-4H2,1H3,(H,6,7);3-4H2,1-2H3. The first kappa shape index (κ1) is 13.1. The molecule has 0 saturated carbocycles. The van der Waals surface area contributed by atoms with Crippen molar-refractivity contribution in [3.05, 3.63) is 0 Å². The lowest BCUT2D eigenvalue weighted by atomic mass is 10.3. The quantitative estimate of drug-likeness (QED) is 0.686. The lowest BCUT2D eigenvalue weighted by molar-refractivity contribution is -0.137. The Hall–Kier alpha value is -0.530. The molecule has 68 valence electrons. The monoisotopic (exact) mass is 160 g/mol. The zero-order valence-electron chi connectivity index (χ0n) is 7.89. The van der Waals surface area contributed by atoms with Gasteiger partial charge in [0.1, 0.15) is 0 Å². The lowest BCUT2D eigenvalue weighted by Gasteiger charge is -1.85. The Morgan fingerprint density at radius 2 is 1.55 bits per heavy atom. The van der Waals surface area contributed by atoms with Crippen LogP contribution in [0.2, 0.25) is 0 Å². The van der Waals surface area contributed by atoms with Crippen molar-refractivity contribution in [2.75, 3.05) is 0 Å². The maximum absolute atomic E-state index is 9.76. The Kier molecular flexibility index (Phi) is 14.5. The zero-order chi connectivity index (χ0) is 9.11. The van der Waals surface area contributed by atoms with E-state index in [9.17, 15) is 4.79 Å². The number of carboxylic acid groups (broad SMARTS) is 1. The van der Waals surface area contributed by atoms with Crippen LogP contribution in [0, 0.1) is 0 Å². The van der Waals surface area contributed by atoms with E-state index in [0.29, 0.717) is 6.42 Å². The van der Waals surface area contributed by atoms with Crippen molar-refractivity contribution in [3.8, 4) is 0 Å². The summed E-state index contributed by atoms with van der Waals surface area (Å²) in [7, 11) is 0. The second-order valence-corrected chi connectivity index (χ2v) is 2.50. The number of carbonyl (C=O) groups is 1. The molecule has 0 aliphatic carbocycles. The second-order valence-electron chi connectivity index (χ2n) is 2.50. The van der Waals surface area contributed by atoms with Crippen molar-refractivity contribution in [2.45, 2.75) is 52.9 Å². The van der Waals surface area contributed by atoms with Crippen molar-refractivity contribution in [2.24, 2.45) is 0 Å². The molecule has 1 N–H and O–H groups in total. The average Bonchev–Trinajstić information content (AvgIpc) is 2.01. The van der Waals surface area contributed by atoms with E-state index in [0.717, 1.165) is 12.8 Å². The summed E-state index contributed by atoms with van der Waals surface area (Å²) in [6.07, 6.45) is 4.72. The molecule has 0 heterocycles. The molecular formula is C9H20O2. The highest BCUT2D eigenvalue weighted by Crippen LogP contribution is 1.91. The topological polar surface area (TPSA) is 37.3 Å². The minimum atomic E-state index is -0.693. The molecule has 0 spiro atoms. The summed E-state index contributed by atoms with van der Waals surface area (Å²) < 4.78 is 0. The Morgan fingerprint density at radius 1 is 1.09 bits per heavy atom. The summed E-state index contributed by atoms with van der Waals surface area (Å²) in [6, 6.07) is 0. The van der Waals surface area contributed by atoms with Gasteiger partial charge in [0.15, 0.2) is 0 Å². The van der Waals surface area contributed by atoms with Crippen LogP contribution in [0.25, 0.3) is 0 Å². The van der Waals surface area contributed by atoms with Crippen LogP contribution in [0.5, 0.6) is 0 Å². The molecule has 0 radical (unpaired) electrons. The maximum atomic E-state index is 9.76. The summed E-state index contributed by atoms with van der Waals surface area (Å²) in [4.78, 5) is 9.76. The molecule has 0 aromatic rings. The van der Waals surface area contributed by atoms with E-state index in [-0.39, 0.29) is 0 Å². The van der Waals surface area contributed by atoms with Crippen LogP contribution in [0.4, 0.5) is 0 Å².